The summed E-state index contributed by atoms with van der Waals surface area (Å²) in [7, 11) is -3.21. The van der Waals surface area contributed by atoms with Gasteiger partial charge in [-0.2, -0.15) is 0 Å². The average molecular weight is 705 g/mol. The van der Waals surface area contributed by atoms with Gasteiger partial charge in [0.1, 0.15) is 9.84 Å². The third kappa shape index (κ3) is 6.79. The van der Waals surface area contributed by atoms with Gasteiger partial charge in [-0.3, -0.25) is 0 Å². The summed E-state index contributed by atoms with van der Waals surface area (Å²) < 4.78 is 94.5. The standard InChI is InChI=1S/C29H26F4IO6S/c1-41(37,38)8-2-7-39-19-4-5-21(24(12-19)29(31,32)33)16-3-6-25(30)18(9-16)15-40-20-10-17-11-22-26(27(22)28(35)36)23(17)14-34-13-20/h3-6,9-10,12-14,22,26-27H,2,7-8,11,15H2,1H3,(H,35,36)/q-1/t22-,26-,27+/m1/s1. The van der Waals surface area contributed by atoms with E-state index in [1.807, 2.05) is 10.2 Å². The first-order valence-electron chi connectivity index (χ1n) is 12.7. The third-order valence-electron chi connectivity index (χ3n) is 7.28. The molecular weight excluding hydrogens is 679 g/mol. The van der Waals surface area contributed by atoms with Crippen LogP contribution in [0.3, 0.4) is 0 Å². The number of aliphatic carboxylic acids is 1. The van der Waals surface area contributed by atoms with Crippen molar-refractivity contribution < 1.29 is 66.6 Å². The molecule has 0 bridgehead atoms. The molecular formula is C29H26F4IO6S-. The number of fused-ring (bicyclic) bond motifs is 3. The number of carboxylic acids is 1. The Morgan fingerprint density at radius 1 is 1.12 bits per heavy atom. The van der Waals surface area contributed by atoms with E-state index in [9.17, 15) is 35.9 Å². The van der Waals surface area contributed by atoms with Crippen LogP contribution in [0, 0.1) is 23.6 Å². The molecule has 0 radical (unpaired) electrons. The predicted octanol–water partition coefficient (Wildman–Crippen LogP) is 2.95. The van der Waals surface area contributed by atoms with E-state index in [4.69, 9.17) is 9.47 Å². The fourth-order valence-corrected chi connectivity index (χ4v) is 8.06. The summed E-state index contributed by atoms with van der Waals surface area (Å²) in [5.74, 6) is -1.21. The van der Waals surface area contributed by atoms with Gasteiger partial charge in [0.05, 0.1) is 12.4 Å². The second-order valence-corrected chi connectivity index (χ2v) is 14.5. The van der Waals surface area contributed by atoms with Crippen LogP contribution >= 0.6 is 0 Å². The van der Waals surface area contributed by atoms with Crippen molar-refractivity contribution in [2.24, 2.45) is 17.8 Å². The van der Waals surface area contributed by atoms with E-state index in [1.165, 1.54) is 24.3 Å². The van der Waals surface area contributed by atoms with E-state index < -0.39 is 54.6 Å². The maximum atomic E-state index is 14.7. The number of benzene rings is 2. The number of rotatable bonds is 10. The zero-order valence-electron chi connectivity index (χ0n) is 21.8. The fraction of sp³-hybridized carbons (Fsp3) is 0.345. The molecule has 1 aliphatic heterocycles. The van der Waals surface area contributed by atoms with Gasteiger partial charge in [0, 0.05) is 6.26 Å². The monoisotopic (exact) mass is 705 g/mol. The fourth-order valence-electron chi connectivity index (χ4n) is 5.32. The normalized spacial score (nSPS) is 21.8. The van der Waals surface area contributed by atoms with Crippen LogP contribution in [-0.2, 0) is 32.2 Å². The molecule has 0 spiro atoms. The van der Waals surface area contributed by atoms with Crippen molar-refractivity contribution in [1.82, 2.24) is 0 Å². The van der Waals surface area contributed by atoms with Gasteiger partial charge in [-0.05, 0) is 6.42 Å². The molecule has 3 atom stereocenters. The SMILES string of the molecule is CS(=O)(=O)CCCOc1ccc(-c2ccc(F)c(COC3=C[I-]C=C4C(=C3)C[C@H]3[C@H](C(=O)O)[C@@H]43)c2)c(C(F)(F)F)c1. The number of carboxylic acid groups (broad SMARTS) is 1. The van der Waals surface area contributed by atoms with E-state index in [1.54, 1.807) is 0 Å². The first kappa shape index (κ1) is 29.6. The average Bonchev–Trinajstić information content (AvgIpc) is 3.56. The van der Waals surface area contributed by atoms with Crippen LogP contribution in [0.25, 0.3) is 11.1 Å². The molecule has 0 amide bonds. The summed E-state index contributed by atoms with van der Waals surface area (Å²) >= 11 is -0.548. The van der Waals surface area contributed by atoms with Crippen molar-refractivity contribution in [1.29, 1.82) is 0 Å². The molecule has 0 saturated heterocycles. The van der Waals surface area contributed by atoms with Gasteiger partial charge in [0.2, 0.25) is 0 Å². The van der Waals surface area contributed by atoms with Crippen molar-refractivity contribution in [3.63, 3.8) is 0 Å². The molecule has 2 aromatic carbocycles. The quantitative estimate of drug-likeness (QED) is 0.233. The molecule has 2 aliphatic carbocycles. The van der Waals surface area contributed by atoms with Crippen LogP contribution in [0.2, 0.25) is 0 Å². The molecule has 2 fully saturated rings. The number of halogens is 5. The number of hydrogen-bond donors (Lipinski definition) is 1. The summed E-state index contributed by atoms with van der Waals surface area (Å²) in [5.41, 5.74) is 1.23. The Hall–Kier alpha value is -2.87. The van der Waals surface area contributed by atoms with Crippen LogP contribution < -0.4 is 25.9 Å². The van der Waals surface area contributed by atoms with Crippen LogP contribution in [0.4, 0.5) is 17.6 Å². The topological polar surface area (TPSA) is 89.9 Å². The first-order valence-corrected chi connectivity index (χ1v) is 17.3. The second kappa shape index (κ2) is 11.4. The summed E-state index contributed by atoms with van der Waals surface area (Å²) in [5, 5.41) is 9.36. The number of ether oxygens (including phenoxy) is 2. The molecule has 2 saturated carbocycles. The van der Waals surface area contributed by atoms with Crippen LogP contribution in [-0.4, -0.2) is 38.1 Å². The molecule has 1 N–H and O–H groups in total. The number of hydrogen-bond acceptors (Lipinski definition) is 5. The van der Waals surface area contributed by atoms with Crippen molar-refractivity contribution in [3.05, 3.63) is 84.5 Å². The molecule has 0 aromatic heterocycles. The Labute approximate surface area is 244 Å². The van der Waals surface area contributed by atoms with Crippen LogP contribution in [0.1, 0.15) is 24.0 Å². The molecule has 41 heavy (non-hydrogen) atoms. The molecule has 5 rings (SSSR count). The van der Waals surface area contributed by atoms with Gasteiger partial charge in [-0.25, -0.2) is 8.42 Å². The number of carbonyl (C=O) groups is 1. The second-order valence-electron chi connectivity index (χ2n) is 10.3. The van der Waals surface area contributed by atoms with E-state index in [0.29, 0.717) is 12.2 Å². The molecule has 2 aromatic rings. The van der Waals surface area contributed by atoms with E-state index >= 15 is 0 Å². The van der Waals surface area contributed by atoms with Gasteiger partial charge in [-0.15, -0.1) is 0 Å². The molecule has 12 heteroatoms. The van der Waals surface area contributed by atoms with Gasteiger partial charge >= 0.3 is 202 Å². The van der Waals surface area contributed by atoms with Crippen LogP contribution in [0.5, 0.6) is 5.75 Å². The number of allylic oxidation sites excluding steroid dienone is 3. The summed E-state index contributed by atoms with van der Waals surface area (Å²) in [4.78, 5) is 11.4. The van der Waals surface area contributed by atoms with E-state index in [0.717, 1.165) is 29.5 Å². The van der Waals surface area contributed by atoms with Gasteiger partial charge in [0.25, 0.3) is 0 Å². The Bertz CT molecular complexity index is 1580. The first-order chi connectivity index (χ1) is 19.3. The zero-order chi connectivity index (χ0) is 29.5. The number of sulfone groups is 1. The Kier molecular flexibility index (Phi) is 8.25. The van der Waals surface area contributed by atoms with E-state index in [2.05, 4.69) is 4.08 Å². The summed E-state index contributed by atoms with van der Waals surface area (Å²) in [6, 6.07) is 7.17. The molecule has 6 nitrogen and oxygen atoms in total. The maximum absolute atomic E-state index is 14.7. The van der Waals surface area contributed by atoms with Crippen molar-refractivity contribution in [3.8, 4) is 16.9 Å². The molecule has 3 aliphatic rings. The third-order valence-corrected chi connectivity index (χ3v) is 10.3. The number of alkyl halides is 3. The van der Waals surface area contributed by atoms with Crippen molar-refractivity contribution in [2.75, 3.05) is 18.6 Å². The minimum atomic E-state index is -4.72. The molecule has 220 valence electrons. The van der Waals surface area contributed by atoms with Gasteiger partial charge in [-0.1, -0.05) is 0 Å². The van der Waals surface area contributed by atoms with Crippen molar-refractivity contribution in [2.45, 2.75) is 25.6 Å². The van der Waals surface area contributed by atoms with Gasteiger partial charge < -0.3 is 0 Å². The molecule has 1 heterocycles. The van der Waals surface area contributed by atoms with Gasteiger partial charge in [0.15, 0.2) is 0 Å². The minimum absolute atomic E-state index is 0.0485. The zero-order valence-corrected chi connectivity index (χ0v) is 24.7. The Balaban J connectivity index is 1.30. The summed E-state index contributed by atoms with van der Waals surface area (Å²) in [6.45, 7) is -0.254. The van der Waals surface area contributed by atoms with E-state index in [-0.39, 0.29) is 65.6 Å². The van der Waals surface area contributed by atoms with Crippen LogP contribution in [0.15, 0.2) is 67.5 Å². The molecule has 0 unspecified atom stereocenters. The summed E-state index contributed by atoms with van der Waals surface area (Å²) in [6.07, 6.45) is -0.999. The Morgan fingerprint density at radius 3 is 2.61 bits per heavy atom. The predicted molar refractivity (Wildman–Crippen MR) is 138 cm³/mol. The Morgan fingerprint density at radius 2 is 1.90 bits per heavy atom. The van der Waals surface area contributed by atoms with Crippen molar-refractivity contribution >= 4 is 15.8 Å².